The second-order valence-electron chi connectivity index (χ2n) is 4.49. The highest BCUT2D eigenvalue weighted by Gasteiger charge is 2.16. The van der Waals surface area contributed by atoms with Crippen molar-refractivity contribution < 1.29 is 4.42 Å². The first-order valence-electron chi connectivity index (χ1n) is 5.99. The van der Waals surface area contributed by atoms with Crippen molar-refractivity contribution in [2.45, 2.75) is 19.9 Å². The summed E-state index contributed by atoms with van der Waals surface area (Å²) in [5.74, 6) is 0.820. The fourth-order valence-electron chi connectivity index (χ4n) is 2.02. The lowest BCUT2D eigenvalue weighted by Crippen LogP contribution is -2.20. The fourth-order valence-corrected chi connectivity index (χ4v) is 2.72. The number of anilines is 1. The van der Waals surface area contributed by atoms with Crippen LogP contribution in [0.2, 0.25) is 0 Å². The first-order chi connectivity index (χ1) is 9.02. The molecule has 1 atom stereocenters. The van der Waals surface area contributed by atoms with E-state index < -0.39 is 0 Å². The zero-order valence-corrected chi connectivity index (χ0v) is 14.0. The Morgan fingerprint density at radius 2 is 1.89 bits per heavy atom. The van der Waals surface area contributed by atoms with E-state index in [0.29, 0.717) is 6.54 Å². The van der Waals surface area contributed by atoms with Crippen LogP contribution in [-0.4, -0.2) is 6.54 Å². The van der Waals surface area contributed by atoms with Gasteiger partial charge < -0.3 is 15.5 Å². The van der Waals surface area contributed by atoms with E-state index >= 15 is 0 Å². The van der Waals surface area contributed by atoms with Crippen molar-refractivity contribution in [3.63, 3.8) is 0 Å². The summed E-state index contributed by atoms with van der Waals surface area (Å²) < 4.78 is 7.55. The Kier molecular flexibility index (Phi) is 4.71. The van der Waals surface area contributed by atoms with Gasteiger partial charge in [0.2, 0.25) is 0 Å². The Balaban J connectivity index is 2.27. The molecule has 19 heavy (non-hydrogen) atoms. The molecule has 0 spiro atoms. The second-order valence-corrected chi connectivity index (χ2v) is 6.14. The lowest BCUT2D eigenvalue weighted by atomic mass is 10.1. The number of nitrogens with one attached hydrogen (secondary N) is 1. The summed E-state index contributed by atoms with van der Waals surface area (Å²) in [6.45, 7) is 4.60. The Bertz CT molecular complexity index is 558. The fraction of sp³-hybridized carbons (Fsp3) is 0.286. The molecule has 0 aliphatic heterocycles. The van der Waals surface area contributed by atoms with Crippen molar-refractivity contribution in [3.8, 4) is 0 Å². The first kappa shape index (κ1) is 14.6. The highest BCUT2D eigenvalue weighted by Crippen LogP contribution is 2.30. The zero-order chi connectivity index (χ0) is 14.0. The third kappa shape index (κ3) is 3.22. The molecule has 3 nitrogen and oxygen atoms in total. The quantitative estimate of drug-likeness (QED) is 0.809. The molecule has 1 heterocycles. The Labute approximate surface area is 129 Å². The van der Waals surface area contributed by atoms with Crippen LogP contribution >= 0.6 is 31.9 Å². The standard InChI is InChI=1S/C14H16Br2N2O/c1-8-5-10(6-9(2)13(8)16)18-12(7-17)14-11(15)3-4-19-14/h3-6,12,18H,7,17H2,1-2H3. The minimum Gasteiger partial charge on any atom is -0.466 e. The molecule has 0 aliphatic rings. The lowest BCUT2D eigenvalue weighted by Gasteiger charge is -2.18. The summed E-state index contributed by atoms with van der Waals surface area (Å²) in [5.41, 5.74) is 9.26. The number of benzene rings is 1. The maximum atomic E-state index is 5.83. The van der Waals surface area contributed by atoms with E-state index in [2.05, 4.69) is 63.2 Å². The molecule has 0 aliphatic carbocycles. The van der Waals surface area contributed by atoms with Crippen LogP contribution in [0.4, 0.5) is 5.69 Å². The third-order valence-corrected chi connectivity index (χ3v) is 4.88. The molecule has 0 amide bonds. The molecule has 0 saturated carbocycles. The summed E-state index contributed by atoms with van der Waals surface area (Å²) in [7, 11) is 0. The van der Waals surface area contributed by atoms with Crippen LogP contribution in [0.5, 0.6) is 0 Å². The number of hydrogen-bond donors (Lipinski definition) is 2. The largest absolute Gasteiger partial charge is 0.466 e. The summed E-state index contributed by atoms with van der Waals surface area (Å²) in [6.07, 6.45) is 1.65. The number of aryl methyl sites for hydroxylation is 2. The second kappa shape index (κ2) is 6.11. The molecule has 3 N–H and O–H groups in total. The van der Waals surface area contributed by atoms with Crippen LogP contribution in [0.25, 0.3) is 0 Å². The smallest absolute Gasteiger partial charge is 0.141 e. The molecular formula is C14H16Br2N2O. The average Bonchev–Trinajstić information content (AvgIpc) is 2.79. The highest BCUT2D eigenvalue weighted by molar-refractivity contribution is 9.10. The van der Waals surface area contributed by atoms with Crippen LogP contribution in [0.15, 0.2) is 37.8 Å². The Morgan fingerprint density at radius 3 is 2.37 bits per heavy atom. The van der Waals surface area contributed by atoms with Gasteiger partial charge in [0.15, 0.2) is 0 Å². The normalized spacial score (nSPS) is 12.5. The van der Waals surface area contributed by atoms with Gasteiger partial charge in [-0.1, -0.05) is 15.9 Å². The molecule has 5 heteroatoms. The Morgan fingerprint density at radius 1 is 1.26 bits per heavy atom. The molecule has 2 aromatic rings. The summed E-state index contributed by atoms with van der Waals surface area (Å²) >= 11 is 7.03. The monoisotopic (exact) mass is 386 g/mol. The molecule has 0 saturated heterocycles. The Hall–Kier alpha value is -0.780. The van der Waals surface area contributed by atoms with E-state index in [1.807, 2.05) is 6.07 Å². The van der Waals surface area contributed by atoms with Crippen LogP contribution in [-0.2, 0) is 0 Å². The number of rotatable bonds is 4. The van der Waals surface area contributed by atoms with Gasteiger partial charge in [-0.2, -0.15) is 0 Å². The van der Waals surface area contributed by atoms with Gasteiger partial charge in [-0.15, -0.1) is 0 Å². The average molecular weight is 388 g/mol. The number of hydrogen-bond acceptors (Lipinski definition) is 3. The van der Waals surface area contributed by atoms with Gasteiger partial charge in [0, 0.05) is 16.7 Å². The summed E-state index contributed by atoms with van der Waals surface area (Å²) in [4.78, 5) is 0. The van der Waals surface area contributed by atoms with E-state index in [0.717, 1.165) is 20.4 Å². The highest BCUT2D eigenvalue weighted by atomic mass is 79.9. The van der Waals surface area contributed by atoms with Crippen molar-refractivity contribution in [1.82, 2.24) is 0 Å². The number of nitrogens with two attached hydrogens (primary N) is 1. The van der Waals surface area contributed by atoms with E-state index in [-0.39, 0.29) is 6.04 Å². The van der Waals surface area contributed by atoms with E-state index in [4.69, 9.17) is 10.2 Å². The van der Waals surface area contributed by atoms with E-state index in [1.54, 1.807) is 6.26 Å². The van der Waals surface area contributed by atoms with Gasteiger partial charge in [-0.3, -0.25) is 0 Å². The predicted molar refractivity (Wildman–Crippen MR) is 85.4 cm³/mol. The van der Waals surface area contributed by atoms with Crippen molar-refractivity contribution in [1.29, 1.82) is 0 Å². The van der Waals surface area contributed by atoms with Gasteiger partial charge in [0.1, 0.15) is 5.76 Å². The van der Waals surface area contributed by atoms with Crippen molar-refractivity contribution in [2.75, 3.05) is 11.9 Å². The molecule has 1 unspecified atom stereocenters. The van der Waals surface area contributed by atoms with Gasteiger partial charge in [0.25, 0.3) is 0 Å². The van der Waals surface area contributed by atoms with Crippen LogP contribution in [0.3, 0.4) is 0 Å². The molecule has 2 rings (SSSR count). The minimum absolute atomic E-state index is 0.0515. The zero-order valence-electron chi connectivity index (χ0n) is 10.8. The molecule has 0 bridgehead atoms. The third-order valence-electron chi connectivity index (χ3n) is 2.97. The van der Waals surface area contributed by atoms with Gasteiger partial charge >= 0.3 is 0 Å². The van der Waals surface area contributed by atoms with Gasteiger partial charge in [0.05, 0.1) is 16.8 Å². The molecule has 1 aromatic carbocycles. The van der Waals surface area contributed by atoms with Gasteiger partial charge in [-0.25, -0.2) is 0 Å². The van der Waals surface area contributed by atoms with Crippen molar-refractivity contribution >= 4 is 37.5 Å². The molecule has 0 radical (unpaired) electrons. The minimum atomic E-state index is -0.0515. The molecule has 102 valence electrons. The van der Waals surface area contributed by atoms with Crippen molar-refractivity contribution in [3.05, 3.63) is 50.3 Å². The molecule has 1 aromatic heterocycles. The first-order valence-corrected chi connectivity index (χ1v) is 7.57. The molecule has 0 fully saturated rings. The summed E-state index contributed by atoms with van der Waals surface area (Å²) in [5, 5.41) is 3.41. The lowest BCUT2D eigenvalue weighted by molar-refractivity contribution is 0.479. The maximum Gasteiger partial charge on any atom is 0.141 e. The molecular weight excluding hydrogens is 372 g/mol. The summed E-state index contributed by atoms with van der Waals surface area (Å²) in [6, 6.07) is 6.01. The maximum absolute atomic E-state index is 5.83. The van der Waals surface area contributed by atoms with Crippen LogP contribution in [0.1, 0.15) is 22.9 Å². The number of halogens is 2. The number of furan rings is 1. The topological polar surface area (TPSA) is 51.2 Å². The van der Waals surface area contributed by atoms with E-state index in [1.165, 1.54) is 11.1 Å². The van der Waals surface area contributed by atoms with E-state index in [9.17, 15) is 0 Å². The van der Waals surface area contributed by atoms with Crippen LogP contribution < -0.4 is 11.1 Å². The van der Waals surface area contributed by atoms with Gasteiger partial charge in [-0.05, 0) is 59.1 Å². The van der Waals surface area contributed by atoms with Crippen LogP contribution in [0, 0.1) is 13.8 Å². The SMILES string of the molecule is Cc1cc(NC(CN)c2occc2Br)cc(C)c1Br. The van der Waals surface area contributed by atoms with Crippen molar-refractivity contribution in [2.24, 2.45) is 5.73 Å². The predicted octanol–water partition coefficient (Wildman–Crippen LogP) is 4.53.